The van der Waals surface area contributed by atoms with Gasteiger partial charge in [0.05, 0.1) is 0 Å². The van der Waals surface area contributed by atoms with Crippen LogP contribution in [0.25, 0.3) is 0 Å². The average molecular weight is 397 g/mol. The molecule has 2 aromatic rings. The number of carbonyl (C=O) groups is 1. The first-order chi connectivity index (χ1) is 12.6. The number of hydrogen-bond acceptors (Lipinski definition) is 7. The number of anilines is 3. The SMILES string of the molecule is CCc1c(C)nc(Nc2cc(O)c(N3CC(=O)NS3(=O)=O)c(F)c2)[nH]c1=O. The molecule has 1 fully saturated rings. The summed E-state index contributed by atoms with van der Waals surface area (Å²) in [7, 11) is -4.27. The van der Waals surface area contributed by atoms with Crippen LogP contribution in [0.15, 0.2) is 16.9 Å². The molecule has 1 aliphatic rings. The molecule has 0 atom stereocenters. The van der Waals surface area contributed by atoms with E-state index in [2.05, 4.69) is 15.3 Å². The lowest BCUT2D eigenvalue weighted by atomic mass is 10.2. The van der Waals surface area contributed by atoms with E-state index in [1.165, 1.54) is 0 Å². The van der Waals surface area contributed by atoms with Crippen LogP contribution in [0.1, 0.15) is 18.2 Å². The fourth-order valence-electron chi connectivity index (χ4n) is 2.77. The van der Waals surface area contributed by atoms with Gasteiger partial charge in [0.15, 0.2) is 5.82 Å². The lowest BCUT2D eigenvalue weighted by Gasteiger charge is -2.18. The number of phenols is 1. The largest absolute Gasteiger partial charge is 0.506 e. The first-order valence-corrected chi connectivity index (χ1v) is 9.29. The second-order valence-corrected chi connectivity index (χ2v) is 7.41. The van der Waals surface area contributed by atoms with Gasteiger partial charge in [-0.1, -0.05) is 6.92 Å². The van der Waals surface area contributed by atoms with Gasteiger partial charge in [-0.3, -0.25) is 14.6 Å². The van der Waals surface area contributed by atoms with Crippen molar-refractivity contribution in [1.29, 1.82) is 0 Å². The second kappa shape index (κ2) is 6.54. The summed E-state index contributed by atoms with van der Waals surface area (Å²) >= 11 is 0. The maximum absolute atomic E-state index is 14.5. The van der Waals surface area contributed by atoms with Crippen molar-refractivity contribution in [1.82, 2.24) is 14.7 Å². The summed E-state index contributed by atoms with van der Waals surface area (Å²) in [6.45, 7) is 2.82. The number of benzene rings is 1. The zero-order valence-electron chi connectivity index (χ0n) is 14.3. The topological polar surface area (TPSA) is 144 Å². The lowest BCUT2D eigenvalue weighted by molar-refractivity contribution is -0.117. The van der Waals surface area contributed by atoms with Gasteiger partial charge >= 0.3 is 10.2 Å². The molecule has 3 rings (SSSR count). The third-order valence-corrected chi connectivity index (χ3v) is 5.33. The zero-order chi connectivity index (χ0) is 19.9. The highest BCUT2D eigenvalue weighted by Gasteiger charge is 2.37. The third kappa shape index (κ3) is 3.43. The molecule has 10 nitrogen and oxygen atoms in total. The van der Waals surface area contributed by atoms with Gasteiger partial charge < -0.3 is 10.4 Å². The Morgan fingerprint density at radius 1 is 1.37 bits per heavy atom. The number of nitrogens with one attached hydrogen (secondary N) is 3. The van der Waals surface area contributed by atoms with Crippen molar-refractivity contribution in [3.63, 3.8) is 0 Å². The van der Waals surface area contributed by atoms with E-state index in [9.17, 15) is 27.5 Å². The fourth-order valence-corrected chi connectivity index (χ4v) is 3.94. The van der Waals surface area contributed by atoms with Gasteiger partial charge in [-0.25, -0.2) is 18.4 Å². The van der Waals surface area contributed by atoms with Crippen LogP contribution in [0.5, 0.6) is 5.75 Å². The van der Waals surface area contributed by atoms with Crippen LogP contribution >= 0.6 is 0 Å². The lowest BCUT2D eigenvalue weighted by Crippen LogP contribution is -2.30. The number of H-pyrrole nitrogens is 1. The van der Waals surface area contributed by atoms with Crippen LogP contribution in [-0.2, 0) is 21.4 Å². The molecule has 2 heterocycles. The van der Waals surface area contributed by atoms with E-state index in [-0.39, 0.29) is 17.2 Å². The smallest absolute Gasteiger partial charge is 0.326 e. The van der Waals surface area contributed by atoms with Gasteiger partial charge in [0.2, 0.25) is 5.95 Å². The Bertz CT molecular complexity index is 1080. The van der Waals surface area contributed by atoms with Gasteiger partial charge in [-0.2, -0.15) is 8.42 Å². The predicted molar refractivity (Wildman–Crippen MR) is 94.7 cm³/mol. The van der Waals surface area contributed by atoms with Crippen LogP contribution in [0.2, 0.25) is 0 Å². The number of phenolic OH excluding ortho intramolecular Hbond substituents is 1. The van der Waals surface area contributed by atoms with Gasteiger partial charge in [-0.15, -0.1) is 0 Å². The Morgan fingerprint density at radius 2 is 2.07 bits per heavy atom. The zero-order valence-corrected chi connectivity index (χ0v) is 15.1. The molecule has 1 aromatic heterocycles. The Balaban J connectivity index is 1.97. The summed E-state index contributed by atoms with van der Waals surface area (Å²) < 4.78 is 40.3. The van der Waals surface area contributed by atoms with Crippen molar-refractivity contribution in [2.45, 2.75) is 20.3 Å². The molecule has 0 radical (unpaired) electrons. The Kier molecular flexibility index (Phi) is 4.51. The number of carbonyl (C=O) groups excluding carboxylic acids is 1. The molecular weight excluding hydrogens is 381 g/mol. The van der Waals surface area contributed by atoms with E-state index in [0.717, 1.165) is 12.1 Å². The highest BCUT2D eigenvalue weighted by Crippen LogP contribution is 2.36. The molecule has 144 valence electrons. The molecule has 0 unspecified atom stereocenters. The molecule has 12 heteroatoms. The molecule has 1 aliphatic heterocycles. The Labute approximate surface area is 153 Å². The number of hydrogen-bond donors (Lipinski definition) is 4. The Hall–Kier alpha value is -3.15. The van der Waals surface area contributed by atoms with Crippen LogP contribution in [0.3, 0.4) is 0 Å². The van der Waals surface area contributed by atoms with E-state index in [4.69, 9.17) is 0 Å². The summed E-state index contributed by atoms with van der Waals surface area (Å²) in [6.07, 6.45) is 0.496. The molecule has 0 aliphatic carbocycles. The number of amides is 1. The van der Waals surface area contributed by atoms with Crippen molar-refractivity contribution < 1.29 is 22.7 Å². The van der Waals surface area contributed by atoms with E-state index in [1.807, 2.05) is 6.92 Å². The number of aromatic amines is 1. The van der Waals surface area contributed by atoms with Gasteiger partial charge in [0, 0.05) is 23.0 Å². The van der Waals surface area contributed by atoms with Gasteiger partial charge in [0.1, 0.15) is 18.0 Å². The number of aromatic nitrogens is 2. The second-order valence-electron chi connectivity index (χ2n) is 5.82. The van der Waals surface area contributed by atoms with Crippen molar-refractivity contribution >= 4 is 33.4 Å². The minimum Gasteiger partial charge on any atom is -0.506 e. The predicted octanol–water partition coefficient (Wildman–Crippen LogP) is 0.410. The van der Waals surface area contributed by atoms with Crippen LogP contribution in [0, 0.1) is 12.7 Å². The molecule has 1 aromatic carbocycles. The van der Waals surface area contributed by atoms with Crippen molar-refractivity contribution in [3.8, 4) is 5.75 Å². The minimum atomic E-state index is -4.27. The average Bonchev–Trinajstić information content (AvgIpc) is 2.79. The van der Waals surface area contributed by atoms with E-state index in [1.54, 1.807) is 11.6 Å². The molecule has 1 amide bonds. The molecule has 1 saturated heterocycles. The maximum atomic E-state index is 14.5. The highest BCUT2D eigenvalue weighted by molar-refractivity contribution is 7.92. The summed E-state index contributed by atoms with van der Waals surface area (Å²) in [5.74, 6) is -2.60. The first-order valence-electron chi connectivity index (χ1n) is 7.85. The van der Waals surface area contributed by atoms with E-state index < -0.39 is 39.9 Å². The van der Waals surface area contributed by atoms with E-state index in [0.29, 0.717) is 22.0 Å². The standard InChI is InChI=1S/C15H16FN5O5S/c1-3-9-7(2)17-15(19-14(9)24)18-8-4-10(16)13(11(22)5-8)21-6-12(23)20-27(21,25)26/h4-5,22H,3,6H2,1-2H3,(H,20,23)(H2,17,18,19,24). The van der Waals surface area contributed by atoms with Crippen molar-refractivity contribution in [2.75, 3.05) is 16.2 Å². The number of rotatable bonds is 4. The number of nitrogens with zero attached hydrogens (tertiary/aromatic N) is 2. The molecule has 0 saturated carbocycles. The van der Waals surface area contributed by atoms with Crippen molar-refractivity contribution in [3.05, 3.63) is 39.6 Å². The van der Waals surface area contributed by atoms with Gasteiger partial charge in [0.25, 0.3) is 11.5 Å². The number of aromatic hydroxyl groups is 1. The molecule has 27 heavy (non-hydrogen) atoms. The number of halogens is 1. The molecule has 4 N–H and O–H groups in total. The molecular formula is C15H16FN5O5S. The Morgan fingerprint density at radius 3 is 2.59 bits per heavy atom. The van der Waals surface area contributed by atoms with Crippen LogP contribution in [0.4, 0.5) is 21.7 Å². The summed E-state index contributed by atoms with van der Waals surface area (Å²) in [4.78, 5) is 29.9. The molecule has 0 spiro atoms. The molecule has 0 bridgehead atoms. The minimum absolute atomic E-state index is 0.0245. The first kappa shape index (κ1) is 18.6. The summed E-state index contributed by atoms with van der Waals surface area (Å²) in [6, 6.07) is 1.97. The van der Waals surface area contributed by atoms with Crippen molar-refractivity contribution in [2.24, 2.45) is 0 Å². The highest BCUT2D eigenvalue weighted by atomic mass is 32.2. The van der Waals surface area contributed by atoms with Gasteiger partial charge in [-0.05, 0) is 19.4 Å². The fraction of sp³-hybridized carbons (Fsp3) is 0.267. The quantitative estimate of drug-likeness (QED) is 0.585. The normalized spacial score (nSPS) is 15.7. The third-order valence-electron chi connectivity index (χ3n) is 3.95. The maximum Gasteiger partial charge on any atom is 0.326 e. The summed E-state index contributed by atoms with van der Waals surface area (Å²) in [5, 5.41) is 12.8. The van der Waals surface area contributed by atoms with Crippen LogP contribution < -0.4 is 19.9 Å². The van der Waals surface area contributed by atoms with E-state index >= 15 is 0 Å². The van der Waals surface area contributed by atoms with Crippen LogP contribution in [-0.4, -0.2) is 35.9 Å². The number of aryl methyl sites for hydroxylation is 1. The monoisotopic (exact) mass is 397 g/mol. The summed E-state index contributed by atoms with van der Waals surface area (Å²) in [5.41, 5.74) is 0.0370.